The van der Waals surface area contributed by atoms with Crippen LogP contribution < -0.4 is 31.9 Å². The molecule has 4 aromatic carbocycles. The van der Waals surface area contributed by atoms with E-state index in [4.69, 9.17) is 0 Å². The summed E-state index contributed by atoms with van der Waals surface area (Å²) >= 11 is 0. The minimum Gasteiger partial charge on any atom is -0.508 e. The van der Waals surface area contributed by atoms with Crippen LogP contribution in [0.5, 0.6) is 17.2 Å². The third-order valence-corrected chi connectivity index (χ3v) is 6.20. The van der Waals surface area contributed by atoms with E-state index in [1.807, 2.05) is 18.2 Å². The molecule has 1 unspecified atom stereocenters. The van der Waals surface area contributed by atoms with Gasteiger partial charge in [-0.15, -0.1) is 0 Å². The van der Waals surface area contributed by atoms with Gasteiger partial charge in [-0.25, -0.2) is 9.59 Å². The highest BCUT2D eigenvalue weighted by Gasteiger charge is 2.09. The summed E-state index contributed by atoms with van der Waals surface area (Å²) in [5, 5.41) is 55.6. The molecule has 0 saturated carbocycles. The van der Waals surface area contributed by atoms with E-state index in [-0.39, 0.29) is 49.5 Å². The van der Waals surface area contributed by atoms with Gasteiger partial charge in [0.15, 0.2) is 6.35 Å². The molecule has 4 aromatic rings. The molecule has 4 rings (SSSR count). The highest BCUT2D eigenvalue weighted by atomic mass is 16.3. The number of aliphatic hydroxyl groups excluding tert-OH is 1. The number of anilines is 2. The first-order chi connectivity index (χ1) is 20.7. The molecule has 0 aliphatic carbocycles. The van der Waals surface area contributed by atoms with E-state index >= 15 is 0 Å². The fraction of sp³-hybridized carbons (Fsp3) is 0.161. The zero-order valence-corrected chi connectivity index (χ0v) is 23.2. The van der Waals surface area contributed by atoms with E-state index in [0.717, 1.165) is 22.3 Å². The number of urea groups is 2. The Balaban J connectivity index is 1.36. The van der Waals surface area contributed by atoms with Crippen LogP contribution in [0.25, 0.3) is 0 Å². The molecule has 0 bridgehead atoms. The highest BCUT2D eigenvalue weighted by Crippen LogP contribution is 2.16. The van der Waals surface area contributed by atoms with E-state index in [1.54, 1.807) is 48.5 Å². The van der Waals surface area contributed by atoms with Crippen LogP contribution in [0.4, 0.5) is 21.0 Å². The second-order valence-electron chi connectivity index (χ2n) is 9.69. The summed E-state index contributed by atoms with van der Waals surface area (Å²) < 4.78 is 0. The van der Waals surface area contributed by atoms with E-state index in [9.17, 15) is 30.0 Å². The lowest BCUT2D eigenvalue weighted by Gasteiger charge is -2.17. The van der Waals surface area contributed by atoms with Gasteiger partial charge in [0, 0.05) is 37.6 Å². The summed E-state index contributed by atoms with van der Waals surface area (Å²) in [6.45, 7) is 0.940. The van der Waals surface area contributed by atoms with Gasteiger partial charge in [0.05, 0.1) is 0 Å². The molecule has 10 N–H and O–H groups in total. The van der Waals surface area contributed by atoms with E-state index in [0.29, 0.717) is 11.4 Å². The lowest BCUT2D eigenvalue weighted by Crippen LogP contribution is -2.36. The molecule has 12 nitrogen and oxygen atoms in total. The van der Waals surface area contributed by atoms with Gasteiger partial charge in [-0.2, -0.15) is 0 Å². The average molecular weight is 587 g/mol. The summed E-state index contributed by atoms with van der Waals surface area (Å²) in [7, 11) is 0. The number of benzene rings is 4. The maximum Gasteiger partial charge on any atom is 0.319 e. The third kappa shape index (κ3) is 10.5. The van der Waals surface area contributed by atoms with Crippen molar-refractivity contribution in [3.63, 3.8) is 0 Å². The lowest BCUT2D eigenvalue weighted by molar-refractivity contribution is 0.163. The first-order valence-corrected chi connectivity index (χ1v) is 13.4. The Morgan fingerprint density at radius 3 is 1.49 bits per heavy atom. The second kappa shape index (κ2) is 15.0. The molecule has 1 atom stereocenters. The first-order valence-electron chi connectivity index (χ1n) is 13.4. The predicted octanol–water partition coefficient (Wildman–Crippen LogP) is 3.60. The van der Waals surface area contributed by atoms with Crippen molar-refractivity contribution in [1.82, 2.24) is 21.3 Å². The number of nitrogens with one attached hydrogen (secondary N) is 6. The topological polar surface area (TPSA) is 187 Å². The molecular weight excluding hydrogens is 552 g/mol. The fourth-order valence-electron chi connectivity index (χ4n) is 4.07. The average Bonchev–Trinajstić information content (AvgIpc) is 3.00. The Kier molecular flexibility index (Phi) is 10.6. The number of amides is 4. The molecule has 12 heteroatoms. The van der Waals surface area contributed by atoms with Crippen molar-refractivity contribution in [2.24, 2.45) is 0 Å². The first kappa shape index (κ1) is 30.5. The number of carbonyl (C=O) groups is 2. The van der Waals surface area contributed by atoms with Gasteiger partial charge < -0.3 is 47.0 Å². The van der Waals surface area contributed by atoms with Crippen LogP contribution in [0.1, 0.15) is 22.3 Å². The number of hydrogen-bond donors (Lipinski definition) is 10. The quantitative estimate of drug-likeness (QED) is 0.0881. The molecule has 0 radical (unpaired) electrons. The number of phenolic OH excluding ortho intramolecular Hbond substituents is 3. The van der Waals surface area contributed by atoms with Crippen molar-refractivity contribution < 1.29 is 30.0 Å². The molecule has 0 aliphatic heterocycles. The highest BCUT2D eigenvalue weighted by molar-refractivity contribution is 5.89. The van der Waals surface area contributed by atoms with Crippen LogP contribution >= 0.6 is 0 Å². The fourth-order valence-corrected chi connectivity index (χ4v) is 4.07. The van der Waals surface area contributed by atoms with Crippen molar-refractivity contribution in [2.45, 2.75) is 32.5 Å². The Morgan fingerprint density at radius 2 is 0.953 bits per heavy atom. The summed E-state index contributed by atoms with van der Waals surface area (Å²) in [4.78, 5) is 24.9. The van der Waals surface area contributed by atoms with Crippen LogP contribution in [0.3, 0.4) is 0 Å². The molecule has 0 heterocycles. The van der Waals surface area contributed by atoms with Gasteiger partial charge >= 0.3 is 12.1 Å². The van der Waals surface area contributed by atoms with E-state index in [1.165, 1.54) is 24.3 Å². The van der Waals surface area contributed by atoms with Gasteiger partial charge in [0.2, 0.25) is 0 Å². The molecule has 0 fully saturated rings. The van der Waals surface area contributed by atoms with Crippen molar-refractivity contribution >= 4 is 23.4 Å². The zero-order chi connectivity index (χ0) is 30.6. The Bertz CT molecular complexity index is 1500. The summed E-state index contributed by atoms with van der Waals surface area (Å²) in [6.07, 6.45) is -1.09. The van der Waals surface area contributed by atoms with Crippen LogP contribution in [-0.4, -0.2) is 38.8 Å². The van der Waals surface area contributed by atoms with Crippen LogP contribution in [0, 0.1) is 0 Å². The molecule has 0 aliphatic rings. The van der Waals surface area contributed by atoms with Crippen LogP contribution in [0.2, 0.25) is 0 Å². The van der Waals surface area contributed by atoms with Crippen LogP contribution in [-0.2, 0) is 26.2 Å². The third-order valence-electron chi connectivity index (χ3n) is 6.20. The number of phenols is 3. The number of rotatable bonds is 12. The van der Waals surface area contributed by atoms with Gasteiger partial charge in [-0.05, 0) is 82.9 Å². The molecule has 224 valence electrons. The second-order valence-corrected chi connectivity index (χ2v) is 9.69. The molecule has 43 heavy (non-hydrogen) atoms. The van der Waals surface area contributed by atoms with E-state index < -0.39 is 12.4 Å². The standard InChI is InChI=1S/C31H34N6O6/c38-26-7-1-20(2-8-26)16-32-29(41)33-17-21-13-22(18-34-30(42)36-24-3-9-27(39)10-4-24)15-23(14-21)19-35-31(43)37-25-5-11-28(40)12-6-25/h1-15,30,34,36,38-40,42H,16-19H2,(H2,32,33,41)(H2,35,37,43). The summed E-state index contributed by atoms with van der Waals surface area (Å²) in [5.74, 6) is 0.356. The van der Waals surface area contributed by atoms with Gasteiger partial charge in [0.1, 0.15) is 17.2 Å². The maximum absolute atomic E-state index is 12.4. The Labute approximate surface area is 248 Å². The van der Waals surface area contributed by atoms with Gasteiger partial charge in [-0.3, -0.25) is 5.32 Å². The molecule has 4 amide bonds. The van der Waals surface area contributed by atoms with Gasteiger partial charge in [0.25, 0.3) is 0 Å². The lowest BCUT2D eigenvalue weighted by atomic mass is 10.1. The minimum atomic E-state index is -1.09. The number of aliphatic hydroxyl groups is 1. The van der Waals surface area contributed by atoms with Crippen molar-refractivity contribution in [3.05, 3.63) is 113 Å². The summed E-state index contributed by atoms with van der Waals surface area (Å²) in [6, 6.07) is 23.7. The number of aromatic hydroxyl groups is 3. The van der Waals surface area contributed by atoms with Crippen LogP contribution in [0.15, 0.2) is 91.0 Å². The molecular formula is C31H34N6O6. The SMILES string of the molecule is O=C(NCc1ccc(O)cc1)NCc1cc(CNC(=O)Nc2ccc(O)cc2)cc(CNC(O)Nc2ccc(O)cc2)c1. The molecule has 0 saturated heterocycles. The van der Waals surface area contributed by atoms with Crippen molar-refractivity contribution in [3.8, 4) is 17.2 Å². The normalized spacial score (nSPS) is 11.3. The molecule has 0 spiro atoms. The Hall–Kier alpha value is -5.46. The molecule has 0 aromatic heterocycles. The van der Waals surface area contributed by atoms with Crippen molar-refractivity contribution in [1.29, 1.82) is 0 Å². The smallest absolute Gasteiger partial charge is 0.319 e. The zero-order valence-electron chi connectivity index (χ0n) is 23.2. The monoisotopic (exact) mass is 586 g/mol. The number of hydrogen-bond acceptors (Lipinski definition) is 8. The maximum atomic E-state index is 12.4. The number of carbonyl (C=O) groups excluding carboxylic acids is 2. The van der Waals surface area contributed by atoms with E-state index in [2.05, 4.69) is 31.9 Å². The minimum absolute atomic E-state index is 0.0925. The largest absolute Gasteiger partial charge is 0.508 e. The summed E-state index contributed by atoms with van der Waals surface area (Å²) in [5.41, 5.74) is 4.30. The van der Waals surface area contributed by atoms with Crippen molar-refractivity contribution in [2.75, 3.05) is 10.6 Å². The Morgan fingerprint density at radius 1 is 0.535 bits per heavy atom. The predicted molar refractivity (Wildman–Crippen MR) is 162 cm³/mol. The van der Waals surface area contributed by atoms with Gasteiger partial charge in [-0.1, -0.05) is 30.3 Å².